The maximum atomic E-state index is 13.0. The van der Waals surface area contributed by atoms with Gasteiger partial charge in [-0.3, -0.25) is 4.79 Å². The van der Waals surface area contributed by atoms with Crippen molar-refractivity contribution in [3.05, 3.63) is 53.8 Å². The van der Waals surface area contributed by atoms with Gasteiger partial charge in [0.15, 0.2) is 0 Å². The fourth-order valence-corrected chi connectivity index (χ4v) is 3.83. The van der Waals surface area contributed by atoms with Gasteiger partial charge in [0.1, 0.15) is 17.4 Å². The third kappa shape index (κ3) is 2.00. The molecule has 0 saturated heterocycles. The molecule has 3 aromatic rings. The van der Waals surface area contributed by atoms with Crippen molar-refractivity contribution in [2.75, 3.05) is 6.54 Å². The Kier molecular flexibility index (Phi) is 3.01. The number of imidazole rings is 1. The molecule has 1 atom stereocenters. The van der Waals surface area contributed by atoms with Crippen LogP contribution in [0.25, 0.3) is 11.0 Å². The summed E-state index contributed by atoms with van der Waals surface area (Å²) in [6.45, 7) is 0.715. The maximum Gasteiger partial charge on any atom is 0.226 e. The molecule has 0 radical (unpaired) electrons. The van der Waals surface area contributed by atoms with E-state index in [1.54, 1.807) is 6.33 Å². The van der Waals surface area contributed by atoms with Crippen molar-refractivity contribution >= 4 is 16.9 Å². The number of para-hydroxylation sites is 1. The molecule has 0 unspecified atom stereocenters. The molecule has 5 heteroatoms. The minimum atomic E-state index is -0.222. The Bertz CT molecular complexity index is 873. The predicted molar refractivity (Wildman–Crippen MR) is 89.4 cm³/mol. The molecule has 2 aliphatic rings. The largest absolute Gasteiger partial charge is 0.458 e. The molecule has 1 fully saturated rings. The molecule has 1 aliphatic heterocycles. The van der Waals surface area contributed by atoms with E-state index in [0.29, 0.717) is 6.54 Å². The van der Waals surface area contributed by atoms with Crippen LogP contribution < -0.4 is 0 Å². The highest BCUT2D eigenvalue weighted by Crippen LogP contribution is 2.39. The van der Waals surface area contributed by atoms with Gasteiger partial charge in [0.05, 0.1) is 12.0 Å². The summed E-state index contributed by atoms with van der Waals surface area (Å²) in [6.07, 6.45) is 5.72. The topological polar surface area (TPSA) is 62.1 Å². The Morgan fingerprint density at radius 1 is 1.29 bits per heavy atom. The van der Waals surface area contributed by atoms with Crippen LogP contribution in [0, 0.1) is 5.92 Å². The number of benzene rings is 1. The summed E-state index contributed by atoms with van der Waals surface area (Å²) in [4.78, 5) is 22.7. The molecule has 1 aromatic carbocycles. The van der Waals surface area contributed by atoms with E-state index in [-0.39, 0.29) is 17.9 Å². The van der Waals surface area contributed by atoms with Gasteiger partial charge in [-0.1, -0.05) is 24.6 Å². The molecule has 3 heterocycles. The number of nitrogens with one attached hydrogen (secondary N) is 1. The zero-order valence-corrected chi connectivity index (χ0v) is 13.4. The lowest BCUT2D eigenvalue weighted by atomic mass is 9.83. The first-order chi connectivity index (χ1) is 11.8. The Morgan fingerprint density at radius 2 is 2.17 bits per heavy atom. The highest BCUT2D eigenvalue weighted by Gasteiger charge is 2.39. The van der Waals surface area contributed by atoms with Gasteiger partial charge >= 0.3 is 0 Å². The SMILES string of the molecule is O=C(C1CCC1)N1CCc2[nH]cnc2[C@H]1c1cc2ccccc2o1. The monoisotopic (exact) mass is 321 g/mol. The number of H-pyrrole nitrogens is 1. The van der Waals surface area contributed by atoms with Gasteiger partial charge in [-0.05, 0) is 25.0 Å². The van der Waals surface area contributed by atoms with Crippen molar-refractivity contribution in [3.8, 4) is 0 Å². The van der Waals surface area contributed by atoms with E-state index in [2.05, 4.69) is 9.97 Å². The van der Waals surface area contributed by atoms with Gasteiger partial charge in [-0.25, -0.2) is 4.98 Å². The maximum absolute atomic E-state index is 13.0. The van der Waals surface area contributed by atoms with Gasteiger partial charge in [-0.2, -0.15) is 0 Å². The second kappa shape index (κ2) is 5.23. The minimum absolute atomic E-state index is 0.178. The Balaban J connectivity index is 1.61. The number of carbonyl (C=O) groups is 1. The quantitative estimate of drug-likeness (QED) is 0.786. The van der Waals surface area contributed by atoms with Crippen LogP contribution in [0.5, 0.6) is 0 Å². The van der Waals surface area contributed by atoms with Crippen LogP contribution in [-0.4, -0.2) is 27.3 Å². The van der Waals surface area contributed by atoms with Crippen LogP contribution in [0.2, 0.25) is 0 Å². The van der Waals surface area contributed by atoms with Crippen molar-refractivity contribution in [1.29, 1.82) is 0 Å². The smallest absolute Gasteiger partial charge is 0.226 e. The molecule has 1 amide bonds. The number of fused-ring (bicyclic) bond motifs is 2. The number of aromatic amines is 1. The van der Waals surface area contributed by atoms with E-state index in [9.17, 15) is 4.79 Å². The van der Waals surface area contributed by atoms with Crippen LogP contribution in [0.3, 0.4) is 0 Å². The Morgan fingerprint density at radius 3 is 2.96 bits per heavy atom. The van der Waals surface area contributed by atoms with Crippen molar-refractivity contribution in [2.45, 2.75) is 31.7 Å². The highest BCUT2D eigenvalue weighted by atomic mass is 16.3. The molecule has 5 nitrogen and oxygen atoms in total. The van der Waals surface area contributed by atoms with Crippen molar-refractivity contribution in [1.82, 2.24) is 14.9 Å². The second-order valence-corrected chi connectivity index (χ2v) is 6.76. The summed E-state index contributed by atoms with van der Waals surface area (Å²) >= 11 is 0. The number of aromatic nitrogens is 2. The summed E-state index contributed by atoms with van der Waals surface area (Å²) in [7, 11) is 0. The zero-order valence-electron chi connectivity index (χ0n) is 13.4. The third-order valence-electron chi connectivity index (χ3n) is 5.38. The molecule has 1 saturated carbocycles. The fraction of sp³-hybridized carbons (Fsp3) is 0.368. The number of amides is 1. The van der Waals surface area contributed by atoms with Gasteiger partial charge in [0, 0.05) is 30.0 Å². The zero-order chi connectivity index (χ0) is 16.1. The lowest BCUT2D eigenvalue weighted by Gasteiger charge is -2.38. The van der Waals surface area contributed by atoms with Crippen molar-refractivity contribution in [2.24, 2.45) is 5.92 Å². The van der Waals surface area contributed by atoms with Crippen LogP contribution in [0.4, 0.5) is 0 Å². The second-order valence-electron chi connectivity index (χ2n) is 6.76. The van der Waals surface area contributed by atoms with Crippen molar-refractivity contribution in [3.63, 3.8) is 0 Å². The molecule has 5 rings (SSSR count). The lowest BCUT2D eigenvalue weighted by Crippen LogP contribution is -2.45. The van der Waals surface area contributed by atoms with E-state index in [0.717, 1.165) is 53.8 Å². The molecule has 1 aliphatic carbocycles. The molecular weight excluding hydrogens is 302 g/mol. The van der Waals surface area contributed by atoms with E-state index in [1.165, 1.54) is 0 Å². The molecular formula is C19H19N3O2. The number of hydrogen-bond donors (Lipinski definition) is 1. The van der Waals surface area contributed by atoms with Crippen LogP contribution in [-0.2, 0) is 11.2 Å². The first kappa shape index (κ1) is 13.8. The van der Waals surface area contributed by atoms with Crippen LogP contribution in [0.1, 0.15) is 42.5 Å². The summed E-state index contributed by atoms with van der Waals surface area (Å²) in [6, 6.07) is 9.79. The average molecular weight is 321 g/mol. The molecule has 0 bridgehead atoms. The van der Waals surface area contributed by atoms with E-state index < -0.39 is 0 Å². The van der Waals surface area contributed by atoms with Crippen LogP contribution >= 0.6 is 0 Å². The predicted octanol–water partition coefficient (Wildman–Crippen LogP) is 3.43. The Labute approximate surface area is 139 Å². The molecule has 0 spiro atoms. The van der Waals surface area contributed by atoms with Gasteiger partial charge in [0.25, 0.3) is 0 Å². The number of rotatable bonds is 2. The number of carbonyl (C=O) groups excluding carboxylic acids is 1. The summed E-state index contributed by atoms with van der Waals surface area (Å²) in [5.41, 5.74) is 2.89. The van der Waals surface area contributed by atoms with Gasteiger partial charge in [0.2, 0.25) is 5.91 Å². The Hall–Kier alpha value is -2.56. The van der Waals surface area contributed by atoms with Gasteiger partial charge in [-0.15, -0.1) is 0 Å². The van der Waals surface area contributed by atoms with E-state index >= 15 is 0 Å². The molecule has 2 aromatic heterocycles. The van der Waals surface area contributed by atoms with Crippen molar-refractivity contribution < 1.29 is 9.21 Å². The number of nitrogens with zero attached hydrogens (tertiary/aromatic N) is 2. The highest BCUT2D eigenvalue weighted by molar-refractivity contribution is 5.82. The summed E-state index contributed by atoms with van der Waals surface area (Å²) < 4.78 is 6.10. The molecule has 1 N–H and O–H groups in total. The molecule has 122 valence electrons. The van der Waals surface area contributed by atoms with Crippen LogP contribution in [0.15, 0.2) is 41.1 Å². The first-order valence-electron chi connectivity index (χ1n) is 8.62. The first-order valence-corrected chi connectivity index (χ1v) is 8.62. The standard InChI is InChI=1S/C19H19N3O2/c23-19(12-5-3-6-12)22-9-8-14-17(21-11-20-14)18(22)16-10-13-4-1-2-7-15(13)24-16/h1-2,4,7,10-12,18H,3,5-6,8-9H2,(H,20,21)/t18-/m1/s1. The summed E-state index contributed by atoms with van der Waals surface area (Å²) in [5.74, 6) is 1.23. The summed E-state index contributed by atoms with van der Waals surface area (Å²) in [5, 5.41) is 1.06. The van der Waals surface area contributed by atoms with E-state index in [1.807, 2.05) is 35.2 Å². The normalized spacial score (nSPS) is 20.8. The van der Waals surface area contributed by atoms with Gasteiger partial charge < -0.3 is 14.3 Å². The number of hydrogen-bond acceptors (Lipinski definition) is 3. The average Bonchev–Trinajstić information content (AvgIpc) is 3.18. The number of furan rings is 1. The molecule has 24 heavy (non-hydrogen) atoms. The lowest BCUT2D eigenvalue weighted by molar-refractivity contribution is -0.140. The minimum Gasteiger partial charge on any atom is -0.458 e. The third-order valence-corrected chi connectivity index (χ3v) is 5.38. The van der Waals surface area contributed by atoms with E-state index in [4.69, 9.17) is 4.42 Å². The fourth-order valence-electron chi connectivity index (χ4n) is 3.83.